The van der Waals surface area contributed by atoms with Crippen LogP contribution >= 0.6 is 0 Å². The Kier molecular flexibility index (Phi) is 6.35. The maximum atomic E-state index is 11.7. The van der Waals surface area contributed by atoms with Crippen molar-refractivity contribution in [3.05, 3.63) is 11.7 Å². The normalized spacial score (nSPS) is 12.4. The summed E-state index contributed by atoms with van der Waals surface area (Å²) in [6, 6.07) is 0. The van der Waals surface area contributed by atoms with Gasteiger partial charge in [0.25, 0.3) is 0 Å². The average Bonchev–Trinajstić information content (AvgIpc) is 2.79. The van der Waals surface area contributed by atoms with Gasteiger partial charge in [0.1, 0.15) is 5.92 Å². The summed E-state index contributed by atoms with van der Waals surface area (Å²) in [5.74, 6) is 0.0851. The molecule has 6 nitrogen and oxygen atoms in total. The molecule has 0 fully saturated rings. The Morgan fingerprint density at radius 3 is 2.72 bits per heavy atom. The molecule has 1 aromatic rings. The molecule has 0 aliphatic heterocycles. The molecule has 0 aliphatic rings. The van der Waals surface area contributed by atoms with Crippen LogP contribution in [0.2, 0.25) is 0 Å². The van der Waals surface area contributed by atoms with Crippen molar-refractivity contribution in [1.29, 1.82) is 0 Å². The molecule has 0 radical (unpaired) electrons. The summed E-state index contributed by atoms with van der Waals surface area (Å²) in [5.41, 5.74) is 0. The molecule has 1 heterocycles. The maximum Gasteiger partial charge on any atom is 0.318 e. The predicted octanol–water partition coefficient (Wildman–Crippen LogP) is 1.71. The molecular weight excluding hydrogens is 236 g/mol. The Labute approximate surface area is 107 Å². The van der Waals surface area contributed by atoms with E-state index in [2.05, 4.69) is 10.1 Å². The maximum absolute atomic E-state index is 11.7. The molecule has 0 saturated heterocycles. The minimum atomic E-state index is -0.474. The van der Waals surface area contributed by atoms with E-state index in [4.69, 9.17) is 14.0 Å². The highest BCUT2D eigenvalue weighted by Crippen LogP contribution is 2.19. The number of hydrogen-bond acceptors (Lipinski definition) is 6. The number of nitrogens with zero attached hydrogens (tertiary/aromatic N) is 2. The number of esters is 1. The van der Waals surface area contributed by atoms with E-state index in [1.54, 1.807) is 6.92 Å². The Bertz CT molecular complexity index is 365. The van der Waals surface area contributed by atoms with Gasteiger partial charge in [-0.3, -0.25) is 4.79 Å². The van der Waals surface area contributed by atoms with Gasteiger partial charge in [-0.1, -0.05) is 12.1 Å². The summed E-state index contributed by atoms with van der Waals surface area (Å²) in [6.07, 6.45) is 1.16. The Morgan fingerprint density at radius 2 is 2.11 bits per heavy atom. The molecule has 1 rings (SSSR count). The first-order chi connectivity index (χ1) is 8.72. The lowest BCUT2D eigenvalue weighted by Gasteiger charge is -2.08. The van der Waals surface area contributed by atoms with Crippen LogP contribution in [0, 0.1) is 0 Å². The van der Waals surface area contributed by atoms with Gasteiger partial charge in [-0.25, -0.2) is 0 Å². The van der Waals surface area contributed by atoms with Crippen molar-refractivity contribution in [3.8, 4) is 0 Å². The molecule has 0 N–H and O–H groups in total. The largest absolute Gasteiger partial charge is 0.465 e. The van der Waals surface area contributed by atoms with Crippen LogP contribution in [0.5, 0.6) is 0 Å². The summed E-state index contributed by atoms with van der Waals surface area (Å²) in [4.78, 5) is 15.9. The Morgan fingerprint density at radius 1 is 1.33 bits per heavy atom. The fourth-order valence-electron chi connectivity index (χ4n) is 1.50. The van der Waals surface area contributed by atoms with Gasteiger partial charge in [-0.2, -0.15) is 4.98 Å². The van der Waals surface area contributed by atoms with Crippen LogP contribution < -0.4 is 0 Å². The fraction of sp³-hybridized carbons (Fsp3) is 0.750. The van der Waals surface area contributed by atoms with Crippen LogP contribution in [-0.2, 0) is 20.7 Å². The standard InChI is InChI=1S/C12H20N2O4/c1-4-9(12(15)17-6-3)11-13-10(14-18-11)7-8-16-5-2/h9H,4-8H2,1-3H3. The Balaban J connectivity index is 2.61. The number of carbonyl (C=O) groups excluding carboxylic acids is 1. The molecule has 0 spiro atoms. The highest BCUT2D eigenvalue weighted by Gasteiger charge is 2.26. The fourth-order valence-corrected chi connectivity index (χ4v) is 1.50. The first-order valence-corrected chi connectivity index (χ1v) is 6.29. The topological polar surface area (TPSA) is 74.5 Å². The molecule has 1 unspecified atom stereocenters. The van der Waals surface area contributed by atoms with E-state index in [0.29, 0.717) is 44.4 Å². The van der Waals surface area contributed by atoms with E-state index in [1.165, 1.54) is 0 Å². The zero-order chi connectivity index (χ0) is 13.4. The van der Waals surface area contributed by atoms with Crippen molar-refractivity contribution < 1.29 is 18.8 Å². The van der Waals surface area contributed by atoms with Crippen LogP contribution in [0.3, 0.4) is 0 Å². The SMILES string of the molecule is CCOCCc1noc(C(CC)C(=O)OCC)n1. The minimum Gasteiger partial charge on any atom is -0.465 e. The van der Waals surface area contributed by atoms with E-state index >= 15 is 0 Å². The summed E-state index contributed by atoms with van der Waals surface area (Å²) >= 11 is 0. The monoisotopic (exact) mass is 256 g/mol. The van der Waals surface area contributed by atoms with Crippen LogP contribution in [0.25, 0.3) is 0 Å². The molecule has 0 amide bonds. The summed E-state index contributed by atoms with van der Waals surface area (Å²) in [6.45, 7) is 7.13. The lowest BCUT2D eigenvalue weighted by molar-refractivity contribution is -0.145. The van der Waals surface area contributed by atoms with Crippen LogP contribution in [0.15, 0.2) is 4.52 Å². The van der Waals surface area contributed by atoms with Crippen LogP contribution in [-0.4, -0.2) is 35.9 Å². The van der Waals surface area contributed by atoms with E-state index < -0.39 is 5.92 Å². The summed E-state index contributed by atoms with van der Waals surface area (Å²) in [7, 11) is 0. The second-order valence-electron chi connectivity index (χ2n) is 3.71. The highest BCUT2D eigenvalue weighted by molar-refractivity contribution is 5.76. The van der Waals surface area contributed by atoms with Crippen molar-refractivity contribution in [1.82, 2.24) is 10.1 Å². The van der Waals surface area contributed by atoms with Gasteiger partial charge >= 0.3 is 5.97 Å². The average molecular weight is 256 g/mol. The number of ether oxygens (including phenoxy) is 2. The molecule has 1 atom stereocenters. The third kappa shape index (κ3) is 4.10. The van der Waals surface area contributed by atoms with Gasteiger partial charge in [0.2, 0.25) is 5.89 Å². The number of hydrogen-bond donors (Lipinski definition) is 0. The predicted molar refractivity (Wildman–Crippen MR) is 64.2 cm³/mol. The number of rotatable bonds is 8. The van der Waals surface area contributed by atoms with Crippen molar-refractivity contribution in [2.75, 3.05) is 19.8 Å². The molecule has 0 bridgehead atoms. The quantitative estimate of drug-likeness (QED) is 0.520. The zero-order valence-corrected chi connectivity index (χ0v) is 11.1. The first-order valence-electron chi connectivity index (χ1n) is 6.29. The molecule has 18 heavy (non-hydrogen) atoms. The van der Waals surface area contributed by atoms with Gasteiger partial charge in [-0.15, -0.1) is 0 Å². The van der Waals surface area contributed by atoms with E-state index in [9.17, 15) is 4.79 Å². The zero-order valence-electron chi connectivity index (χ0n) is 11.1. The van der Waals surface area contributed by atoms with E-state index in [-0.39, 0.29) is 5.97 Å². The summed E-state index contributed by atoms with van der Waals surface area (Å²) < 4.78 is 15.3. The molecule has 102 valence electrons. The number of carbonyl (C=O) groups is 1. The molecule has 6 heteroatoms. The van der Waals surface area contributed by atoms with Crippen molar-refractivity contribution in [2.24, 2.45) is 0 Å². The highest BCUT2D eigenvalue weighted by atomic mass is 16.5. The minimum absolute atomic E-state index is 0.319. The lowest BCUT2D eigenvalue weighted by Crippen LogP contribution is -2.15. The smallest absolute Gasteiger partial charge is 0.318 e. The summed E-state index contributed by atoms with van der Waals surface area (Å²) in [5, 5.41) is 3.83. The van der Waals surface area contributed by atoms with Gasteiger partial charge in [0.15, 0.2) is 5.82 Å². The number of aromatic nitrogens is 2. The van der Waals surface area contributed by atoms with Crippen molar-refractivity contribution >= 4 is 5.97 Å². The van der Waals surface area contributed by atoms with Crippen LogP contribution in [0.1, 0.15) is 44.8 Å². The first kappa shape index (κ1) is 14.6. The van der Waals surface area contributed by atoms with Crippen molar-refractivity contribution in [3.63, 3.8) is 0 Å². The van der Waals surface area contributed by atoms with Gasteiger partial charge < -0.3 is 14.0 Å². The molecule has 1 aromatic heterocycles. The van der Waals surface area contributed by atoms with Gasteiger partial charge in [0, 0.05) is 13.0 Å². The lowest BCUT2D eigenvalue weighted by atomic mass is 10.1. The molecule has 0 aromatic carbocycles. The van der Waals surface area contributed by atoms with E-state index in [1.807, 2.05) is 13.8 Å². The van der Waals surface area contributed by atoms with E-state index in [0.717, 1.165) is 0 Å². The molecule has 0 aliphatic carbocycles. The van der Waals surface area contributed by atoms with Gasteiger partial charge in [-0.05, 0) is 20.3 Å². The molecule has 0 saturated carbocycles. The van der Waals surface area contributed by atoms with Gasteiger partial charge in [0.05, 0.1) is 13.2 Å². The van der Waals surface area contributed by atoms with Crippen LogP contribution in [0.4, 0.5) is 0 Å². The third-order valence-corrected chi connectivity index (χ3v) is 2.44. The second-order valence-corrected chi connectivity index (χ2v) is 3.71. The van der Waals surface area contributed by atoms with Crippen molar-refractivity contribution in [2.45, 2.75) is 39.5 Å². The molecular formula is C12H20N2O4. The Hall–Kier alpha value is -1.43. The third-order valence-electron chi connectivity index (χ3n) is 2.44. The second kappa shape index (κ2) is 7.81.